The van der Waals surface area contributed by atoms with Crippen molar-refractivity contribution in [2.75, 3.05) is 0 Å². The molecule has 2 nitrogen and oxygen atoms in total. The first kappa shape index (κ1) is 5.15. The van der Waals surface area contributed by atoms with E-state index in [2.05, 4.69) is 5.32 Å². The lowest BCUT2D eigenvalue weighted by molar-refractivity contribution is 0.475. The molecular formula is C5H6FN2. The van der Waals surface area contributed by atoms with Crippen molar-refractivity contribution in [2.45, 2.75) is 0 Å². The van der Waals surface area contributed by atoms with Gasteiger partial charge in [-0.2, -0.15) is 0 Å². The van der Waals surface area contributed by atoms with Crippen molar-refractivity contribution in [3.8, 4) is 0 Å². The smallest absolute Gasteiger partial charge is 0.278 e. The van der Waals surface area contributed by atoms with Crippen molar-refractivity contribution in [3.63, 3.8) is 0 Å². The summed E-state index contributed by atoms with van der Waals surface area (Å²) in [7, 11) is 0. The van der Waals surface area contributed by atoms with E-state index in [-0.39, 0.29) is 5.70 Å². The van der Waals surface area contributed by atoms with Crippen molar-refractivity contribution < 1.29 is 4.39 Å². The van der Waals surface area contributed by atoms with Gasteiger partial charge in [0.25, 0.3) is 6.30 Å². The molecule has 8 heavy (non-hydrogen) atoms. The first-order valence-corrected chi connectivity index (χ1v) is 2.22. The number of halogens is 1. The molecule has 3 heteroatoms. The SMILES string of the molecule is NC1=CC=CN[C]1F. The van der Waals surface area contributed by atoms with E-state index < -0.39 is 6.30 Å². The number of rotatable bonds is 0. The summed E-state index contributed by atoms with van der Waals surface area (Å²) < 4.78 is 12.1. The van der Waals surface area contributed by atoms with Gasteiger partial charge in [0.15, 0.2) is 0 Å². The summed E-state index contributed by atoms with van der Waals surface area (Å²) in [6, 6.07) is 0. The van der Waals surface area contributed by atoms with Crippen LogP contribution < -0.4 is 11.1 Å². The fourth-order valence-corrected chi connectivity index (χ4v) is 0.430. The van der Waals surface area contributed by atoms with Crippen LogP contribution in [-0.2, 0) is 0 Å². The van der Waals surface area contributed by atoms with Gasteiger partial charge in [0.05, 0.1) is 5.70 Å². The second-order valence-electron chi connectivity index (χ2n) is 1.44. The zero-order chi connectivity index (χ0) is 5.98. The molecule has 0 amide bonds. The first-order chi connectivity index (χ1) is 3.80. The highest BCUT2D eigenvalue weighted by molar-refractivity contribution is 5.24. The third kappa shape index (κ3) is 0.804. The molecule has 1 aliphatic heterocycles. The van der Waals surface area contributed by atoms with Gasteiger partial charge in [0.1, 0.15) is 0 Å². The molecular weight excluding hydrogens is 107 g/mol. The second kappa shape index (κ2) is 1.86. The minimum Gasteiger partial charge on any atom is -0.398 e. The standard InChI is InChI=1S/C5H6FN2/c6-5-4(7)2-1-3-8-5/h1-3,8H,7H2. The molecule has 1 heterocycles. The van der Waals surface area contributed by atoms with Gasteiger partial charge in [-0.25, -0.2) is 4.39 Å². The average molecular weight is 113 g/mol. The number of hydrogen-bond acceptors (Lipinski definition) is 2. The van der Waals surface area contributed by atoms with Crippen LogP contribution in [-0.4, -0.2) is 0 Å². The molecule has 3 N–H and O–H groups in total. The van der Waals surface area contributed by atoms with Gasteiger partial charge in [0, 0.05) is 0 Å². The molecule has 43 valence electrons. The normalized spacial score (nSPS) is 19.9. The van der Waals surface area contributed by atoms with E-state index in [1.807, 2.05) is 0 Å². The Kier molecular flexibility index (Phi) is 1.20. The highest BCUT2D eigenvalue weighted by atomic mass is 19.1. The Morgan fingerprint density at radius 1 is 1.62 bits per heavy atom. The van der Waals surface area contributed by atoms with Crippen LogP contribution in [0.3, 0.4) is 0 Å². The van der Waals surface area contributed by atoms with E-state index in [9.17, 15) is 4.39 Å². The number of hydrogen-bond donors (Lipinski definition) is 2. The Bertz CT molecular complexity index is 139. The Hall–Kier alpha value is -0.990. The van der Waals surface area contributed by atoms with Crippen LogP contribution in [0.15, 0.2) is 24.0 Å². The van der Waals surface area contributed by atoms with Gasteiger partial charge < -0.3 is 11.1 Å². The summed E-state index contributed by atoms with van der Waals surface area (Å²) in [4.78, 5) is 0. The third-order valence-electron chi connectivity index (χ3n) is 0.836. The minimum atomic E-state index is -0.479. The van der Waals surface area contributed by atoms with Gasteiger partial charge in [-0.05, 0) is 18.4 Å². The molecule has 0 saturated heterocycles. The zero-order valence-corrected chi connectivity index (χ0v) is 4.19. The molecule has 0 fully saturated rings. The summed E-state index contributed by atoms with van der Waals surface area (Å²) in [5, 5.41) is 2.31. The number of allylic oxidation sites excluding steroid dienone is 2. The van der Waals surface area contributed by atoms with E-state index in [4.69, 9.17) is 5.73 Å². The number of nitrogens with one attached hydrogen (secondary N) is 1. The molecule has 0 unspecified atom stereocenters. The maximum atomic E-state index is 12.1. The lowest BCUT2D eigenvalue weighted by Gasteiger charge is -2.08. The summed E-state index contributed by atoms with van der Waals surface area (Å²) >= 11 is 0. The van der Waals surface area contributed by atoms with Gasteiger partial charge >= 0.3 is 0 Å². The summed E-state index contributed by atoms with van der Waals surface area (Å²) in [6.07, 6.45) is 4.13. The maximum absolute atomic E-state index is 12.1. The predicted octanol–water partition coefficient (Wildman–Crippen LogP) is 0.405. The fourth-order valence-electron chi connectivity index (χ4n) is 0.430. The zero-order valence-electron chi connectivity index (χ0n) is 4.19. The van der Waals surface area contributed by atoms with Crippen molar-refractivity contribution >= 4 is 0 Å². The first-order valence-electron chi connectivity index (χ1n) is 2.22. The van der Waals surface area contributed by atoms with Crippen molar-refractivity contribution in [1.29, 1.82) is 0 Å². The number of dihydropyridines is 1. The topological polar surface area (TPSA) is 38.0 Å². The Morgan fingerprint density at radius 3 is 2.75 bits per heavy atom. The lowest BCUT2D eigenvalue weighted by atomic mass is 10.3. The molecule has 0 aromatic rings. The van der Waals surface area contributed by atoms with E-state index in [0.29, 0.717) is 0 Å². The van der Waals surface area contributed by atoms with Crippen LogP contribution in [0, 0.1) is 6.30 Å². The summed E-state index contributed by atoms with van der Waals surface area (Å²) in [5.74, 6) is 0. The van der Waals surface area contributed by atoms with Crippen molar-refractivity contribution in [1.82, 2.24) is 5.32 Å². The molecule has 0 aromatic heterocycles. The largest absolute Gasteiger partial charge is 0.398 e. The lowest BCUT2D eigenvalue weighted by Crippen LogP contribution is -2.19. The van der Waals surface area contributed by atoms with Crippen LogP contribution in [0.1, 0.15) is 0 Å². The number of nitrogens with two attached hydrogens (primary N) is 1. The minimum absolute atomic E-state index is 0.146. The molecule has 0 bridgehead atoms. The van der Waals surface area contributed by atoms with E-state index >= 15 is 0 Å². The van der Waals surface area contributed by atoms with Crippen LogP contribution in [0.25, 0.3) is 0 Å². The summed E-state index contributed by atoms with van der Waals surface area (Å²) in [5.41, 5.74) is 5.26. The highest BCUT2D eigenvalue weighted by Gasteiger charge is 2.09. The molecule has 0 saturated carbocycles. The predicted molar refractivity (Wildman–Crippen MR) is 28.9 cm³/mol. The van der Waals surface area contributed by atoms with Crippen LogP contribution >= 0.6 is 0 Å². The maximum Gasteiger partial charge on any atom is 0.278 e. The van der Waals surface area contributed by atoms with Gasteiger partial charge in [-0.1, -0.05) is 0 Å². The fraction of sp³-hybridized carbons (Fsp3) is 0. The molecule has 0 aliphatic carbocycles. The van der Waals surface area contributed by atoms with E-state index in [0.717, 1.165) is 0 Å². The van der Waals surface area contributed by atoms with Crippen LogP contribution in [0.2, 0.25) is 0 Å². The van der Waals surface area contributed by atoms with Crippen molar-refractivity contribution in [2.24, 2.45) is 5.73 Å². The van der Waals surface area contributed by atoms with Gasteiger partial charge in [0.2, 0.25) is 0 Å². The Morgan fingerprint density at radius 2 is 2.38 bits per heavy atom. The van der Waals surface area contributed by atoms with Crippen LogP contribution in [0.4, 0.5) is 4.39 Å². The van der Waals surface area contributed by atoms with Gasteiger partial charge in [-0.3, -0.25) is 0 Å². The van der Waals surface area contributed by atoms with E-state index in [1.165, 1.54) is 12.3 Å². The Balaban J connectivity index is 2.66. The van der Waals surface area contributed by atoms with Gasteiger partial charge in [-0.15, -0.1) is 0 Å². The molecule has 1 rings (SSSR count). The van der Waals surface area contributed by atoms with Crippen molar-refractivity contribution in [3.05, 3.63) is 30.3 Å². The molecule has 0 aromatic carbocycles. The molecule has 1 radical (unpaired) electrons. The third-order valence-corrected chi connectivity index (χ3v) is 0.836. The Labute approximate surface area is 46.9 Å². The van der Waals surface area contributed by atoms with E-state index in [1.54, 1.807) is 6.08 Å². The van der Waals surface area contributed by atoms with Crippen LogP contribution in [0.5, 0.6) is 0 Å². The summed E-state index contributed by atoms with van der Waals surface area (Å²) in [6.45, 7) is 0. The molecule has 1 aliphatic rings. The quantitative estimate of drug-likeness (QED) is 0.446. The molecule has 0 atom stereocenters. The molecule has 0 spiro atoms. The highest BCUT2D eigenvalue weighted by Crippen LogP contribution is 2.08. The average Bonchev–Trinajstić information content (AvgIpc) is 1.77. The monoisotopic (exact) mass is 113 g/mol. The second-order valence-corrected chi connectivity index (χ2v) is 1.44.